The lowest BCUT2D eigenvalue weighted by Gasteiger charge is -2.19. The number of para-hydroxylation sites is 1. The number of hydrogen-bond acceptors (Lipinski definition) is 2. The number of aromatic nitrogens is 2. The quantitative estimate of drug-likeness (QED) is 0.246. The van der Waals surface area contributed by atoms with Crippen LogP contribution in [0.1, 0.15) is 78.4 Å². The van der Waals surface area contributed by atoms with Crippen molar-refractivity contribution in [3.8, 4) is 28.4 Å². The van der Waals surface area contributed by atoms with Crippen molar-refractivity contribution < 1.29 is 14.0 Å². The molecule has 0 unspecified atom stereocenters. The summed E-state index contributed by atoms with van der Waals surface area (Å²) in [4.78, 5) is 0. The fourth-order valence-electron chi connectivity index (χ4n) is 4.68. The standard InChI is InChI=1S/C31H39N2O2/c1-20(2)25-13-10-14-26(21(3)4)31(25)32-18-24-12-9-15-27(33(24)19-32)30-28(34-22(5)6)16-11-17-29(30)35-23(7)8/h9-23H,1-8H3/q+1. The van der Waals surface area contributed by atoms with E-state index in [9.17, 15) is 0 Å². The van der Waals surface area contributed by atoms with Gasteiger partial charge in [0.15, 0.2) is 5.52 Å². The van der Waals surface area contributed by atoms with Gasteiger partial charge in [-0.25, -0.2) is 4.57 Å². The van der Waals surface area contributed by atoms with E-state index in [2.05, 4.69) is 113 Å². The molecule has 0 aliphatic rings. The van der Waals surface area contributed by atoms with Crippen LogP contribution >= 0.6 is 0 Å². The van der Waals surface area contributed by atoms with Crippen LogP contribution in [0.15, 0.2) is 67.1 Å². The highest BCUT2D eigenvalue weighted by molar-refractivity contribution is 5.76. The van der Waals surface area contributed by atoms with Crippen molar-refractivity contribution in [2.24, 2.45) is 0 Å². The lowest BCUT2D eigenvalue weighted by Crippen LogP contribution is -2.31. The molecule has 2 aromatic carbocycles. The third-order valence-corrected chi connectivity index (χ3v) is 6.14. The van der Waals surface area contributed by atoms with Crippen LogP contribution in [0.2, 0.25) is 0 Å². The van der Waals surface area contributed by atoms with Gasteiger partial charge in [-0.05, 0) is 63.8 Å². The molecule has 4 heteroatoms. The lowest BCUT2D eigenvalue weighted by molar-refractivity contribution is -0.595. The van der Waals surface area contributed by atoms with Crippen LogP contribution in [0.5, 0.6) is 11.5 Å². The summed E-state index contributed by atoms with van der Waals surface area (Å²) in [7, 11) is 0. The minimum Gasteiger partial charge on any atom is -0.490 e. The van der Waals surface area contributed by atoms with Crippen LogP contribution in [0.4, 0.5) is 0 Å². The van der Waals surface area contributed by atoms with Crippen LogP contribution in [-0.2, 0) is 0 Å². The molecule has 0 fully saturated rings. The summed E-state index contributed by atoms with van der Waals surface area (Å²) in [5.41, 5.74) is 7.12. The Morgan fingerprint density at radius 3 is 1.69 bits per heavy atom. The fraction of sp³-hybridized carbons (Fsp3) is 0.387. The second-order valence-electron chi connectivity index (χ2n) is 10.4. The molecule has 35 heavy (non-hydrogen) atoms. The largest absolute Gasteiger partial charge is 0.490 e. The minimum absolute atomic E-state index is 0.0587. The number of benzene rings is 2. The first-order valence-electron chi connectivity index (χ1n) is 12.8. The topological polar surface area (TPSA) is 26.8 Å². The number of hydrogen-bond donors (Lipinski definition) is 0. The maximum atomic E-state index is 6.26. The summed E-state index contributed by atoms with van der Waals surface area (Å²) < 4.78 is 17.1. The van der Waals surface area contributed by atoms with Gasteiger partial charge in [-0.1, -0.05) is 58.0 Å². The normalized spacial score (nSPS) is 11.9. The average Bonchev–Trinajstić information content (AvgIpc) is 3.22. The Kier molecular flexibility index (Phi) is 7.20. The smallest absolute Gasteiger partial charge is 0.254 e. The lowest BCUT2D eigenvalue weighted by atomic mass is 9.92. The summed E-state index contributed by atoms with van der Waals surface area (Å²) in [5.74, 6) is 2.50. The predicted molar refractivity (Wildman–Crippen MR) is 144 cm³/mol. The molecule has 2 aromatic heterocycles. The van der Waals surface area contributed by atoms with Gasteiger partial charge < -0.3 is 9.47 Å². The van der Waals surface area contributed by atoms with Gasteiger partial charge in [-0.2, -0.15) is 4.40 Å². The number of imidazole rings is 1. The molecular weight excluding hydrogens is 432 g/mol. The van der Waals surface area contributed by atoms with Crippen LogP contribution < -0.4 is 14.0 Å². The van der Waals surface area contributed by atoms with Crippen LogP contribution in [0.3, 0.4) is 0 Å². The zero-order valence-corrected chi connectivity index (χ0v) is 22.4. The minimum atomic E-state index is 0.0587. The van der Waals surface area contributed by atoms with E-state index < -0.39 is 0 Å². The van der Waals surface area contributed by atoms with Crippen molar-refractivity contribution in [1.29, 1.82) is 0 Å². The van der Waals surface area contributed by atoms with Gasteiger partial charge in [-0.3, -0.25) is 0 Å². The van der Waals surface area contributed by atoms with Gasteiger partial charge in [0.2, 0.25) is 0 Å². The maximum absolute atomic E-state index is 6.26. The van der Waals surface area contributed by atoms with Gasteiger partial charge >= 0.3 is 0 Å². The molecule has 0 bridgehead atoms. The molecule has 4 rings (SSSR count). The van der Waals surface area contributed by atoms with E-state index in [1.807, 2.05) is 18.2 Å². The van der Waals surface area contributed by atoms with Crippen LogP contribution in [0.25, 0.3) is 22.5 Å². The molecule has 0 aliphatic heterocycles. The third kappa shape index (κ3) is 5.07. The zero-order valence-electron chi connectivity index (χ0n) is 22.4. The number of ether oxygens (including phenoxy) is 2. The Bertz CT molecular complexity index is 1260. The molecule has 0 spiro atoms. The Morgan fingerprint density at radius 1 is 0.657 bits per heavy atom. The third-order valence-electron chi connectivity index (χ3n) is 6.14. The van der Waals surface area contributed by atoms with Crippen molar-refractivity contribution >= 4 is 5.52 Å². The molecule has 0 saturated carbocycles. The Morgan fingerprint density at radius 2 is 1.17 bits per heavy atom. The summed E-state index contributed by atoms with van der Waals surface area (Å²) in [6, 6.07) is 19.2. The molecule has 0 radical (unpaired) electrons. The second-order valence-corrected chi connectivity index (χ2v) is 10.4. The molecule has 0 atom stereocenters. The first-order valence-corrected chi connectivity index (χ1v) is 12.8. The van der Waals surface area contributed by atoms with E-state index >= 15 is 0 Å². The van der Waals surface area contributed by atoms with Gasteiger partial charge in [0.25, 0.3) is 6.33 Å². The van der Waals surface area contributed by atoms with Gasteiger partial charge in [0, 0.05) is 11.1 Å². The SMILES string of the molecule is CC(C)Oc1cccc(OC(C)C)c1-c1cccc2c[n+](-c3c(C(C)C)cccc3C(C)C)cn12. The van der Waals surface area contributed by atoms with Crippen LogP contribution in [-0.4, -0.2) is 16.6 Å². The number of fused-ring (bicyclic) bond motifs is 1. The van der Waals surface area contributed by atoms with Crippen molar-refractivity contribution in [2.45, 2.75) is 79.4 Å². The summed E-state index contributed by atoms with van der Waals surface area (Å²) in [5, 5.41) is 0. The summed E-state index contributed by atoms with van der Waals surface area (Å²) in [6.45, 7) is 17.3. The monoisotopic (exact) mass is 471 g/mol. The van der Waals surface area contributed by atoms with Gasteiger partial charge in [-0.15, -0.1) is 0 Å². The summed E-state index contributed by atoms with van der Waals surface area (Å²) >= 11 is 0. The fourth-order valence-corrected chi connectivity index (χ4v) is 4.68. The van der Waals surface area contributed by atoms with E-state index in [1.165, 1.54) is 16.8 Å². The van der Waals surface area contributed by atoms with Crippen molar-refractivity contribution in [3.63, 3.8) is 0 Å². The van der Waals surface area contributed by atoms with E-state index in [0.29, 0.717) is 11.8 Å². The Labute approximate surface area is 210 Å². The molecule has 0 amide bonds. The van der Waals surface area contributed by atoms with Crippen LogP contribution in [0, 0.1) is 0 Å². The number of rotatable bonds is 8. The Balaban J connectivity index is 1.99. The van der Waals surface area contributed by atoms with Crippen molar-refractivity contribution in [1.82, 2.24) is 4.40 Å². The molecule has 4 aromatic rings. The molecule has 184 valence electrons. The zero-order chi connectivity index (χ0) is 25.3. The van der Waals surface area contributed by atoms with Crippen molar-refractivity contribution in [3.05, 3.63) is 78.2 Å². The van der Waals surface area contributed by atoms with E-state index in [0.717, 1.165) is 28.3 Å². The molecular formula is C31H39N2O2+. The highest BCUT2D eigenvalue weighted by Gasteiger charge is 2.25. The predicted octanol–water partition coefficient (Wildman–Crippen LogP) is 7.70. The average molecular weight is 472 g/mol. The molecule has 4 nitrogen and oxygen atoms in total. The Hall–Kier alpha value is -3.27. The molecule has 0 aliphatic carbocycles. The van der Waals surface area contributed by atoms with Crippen molar-refractivity contribution in [2.75, 3.05) is 0 Å². The summed E-state index contributed by atoms with van der Waals surface area (Å²) in [6.07, 6.45) is 4.54. The maximum Gasteiger partial charge on any atom is 0.254 e. The molecule has 2 heterocycles. The highest BCUT2D eigenvalue weighted by Crippen LogP contribution is 2.40. The van der Waals surface area contributed by atoms with Gasteiger partial charge in [0.05, 0.1) is 12.2 Å². The molecule has 0 N–H and O–H groups in total. The molecule has 0 saturated heterocycles. The second kappa shape index (κ2) is 10.2. The van der Waals surface area contributed by atoms with E-state index in [1.54, 1.807) is 0 Å². The number of pyridine rings is 1. The number of nitrogens with zero attached hydrogens (tertiary/aromatic N) is 2. The highest BCUT2D eigenvalue weighted by atomic mass is 16.5. The van der Waals surface area contributed by atoms with Gasteiger partial charge in [0.1, 0.15) is 34.6 Å². The first-order chi connectivity index (χ1) is 16.7. The van der Waals surface area contributed by atoms with E-state index in [-0.39, 0.29) is 12.2 Å². The van der Waals surface area contributed by atoms with E-state index in [4.69, 9.17) is 9.47 Å². The first kappa shape index (κ1) is 24.8.